The molecule has 1 unspecified atom stereocenters. The minimum absolute atomic E-state index is 0.0586. The topological polar surface area (TPSA) is 166 Å². The molecule has 7 N–H and O–H groups in total. The van der Waals surface area contributed by atoms with E-state index in [1.807, 2.05) is 32.0 Å². The monoisotopic (exact) mass is 439 g/mol. The Hall–Kier alpha value is -4.05. The molecule has 2 aromatic carbocycles. The lowest BCUT2D eigenvalue weighted by atomic mass is 10.0. The van der Waals surface area contributed by atoms with E-state index in [2.05, 4.69) is 15.4 Å². The van der Waals surface area contributed by atoms with Gasteiger partial charge in [-0.2, -0.15) is 0 Å². The number of aromatic amines is 1. The molecule has 0 aliphatic carbocycles. The molecule has 0 saturated carbocycles. The predicted molar refractivity (Wildman–Crippen MR) is 122 cm³/mol. The van der Waals surface area contributed by atoms with Crippen LogP contribution in [0.4, 0.5) is 11.5 Å². The number of nitrogens with two attached hydrogens (primary N) is 2. The zero-order valence-electron chi connectivity index (χ0n) is 17.9. The van der Waals surface area contributed by atoms with E-state index in [1.165, 1.54) is 6.92 Å². The lowest BCUT2D eigenvalue weighted by Crippen LogP contribution is -2.22. The van der Waals surface area contributed by atoms with Crippen LogP contribution in [0.5, 0.6) is 11.5 Å². The quantitative estimate of drug-likeness (QED) is 0.262. The van der Waals surface area contributed by atoms with Crippen LogP contribution in [0.3, 0.4) is 0 Å². The number of hydrazine groups is 1. The van der Waals surface area contributed by atoms with Crippen molar-refractivity contribution in [3.8, 4) is 34.0 Å². The zero-order chi connectivity index (χ0) is 23.4. The Morgan fingerprint density at radius 2 is 2.00 bits per heavy atom. The minimum Gasteiger partial charge on any atom is -0.493 e. The van der Waals surface area contributed by atoms with Gasteiger partial charge in [-0.05, 0) is 61.7 Å². The fraction of sp³-hybridized carbons (Fsp3) is 0.227. The maximum absolute atomic E-state index is 12.1. The van der Waals surface area contributed by atoms with Gasteiger partial charge in [0.15, 0.2) is 11.9 Å². The first-order valence-electron chi connectivity index (χ1n) is 9.88. The number of carbonyl (C=O) groups is 1. The molecular formula is C22H25N5O5. The first-order valence-corrected chi connectivity index (χ1v) is 9.88. The van der Waals surface area contributed by atoms with Crippen LogP contribution in [0.15, 0.2) is 41.2 Å². The molecule has 1 aromatic heterocycles. The van der Waals surface area contributed by atoms with Crippen LogP contribution < -0.4 is 32.0 Å². The number of nitrogens with one attached hydrogen (secondary N) is 2. The molecule has 0 aliphatic rings. The summed E-state index contributed by atoms with van der Waals surface area (Å²) in [4.78, 5) is 30.2. The standard InChI is InChI=1S/C22H25N5O5/c1-4-31-17-10-13(14-7-11(2)8-15(9-14)32-12(3)22(29)30)5-6-16(17)19-25-20(27-24)18(23)21(28)26-19/h5-10,12H,4,23-24H2,1-3H3,(H,29,30)(H2,25,26,27,28). The number of carboxylic acids is 1. The van der Waals surface area contributed by atoms with Crippen molar-refractivity contribution in [3.05, 3.63) is 52.3 Å². The third-order valence-electron chi connectivity index (χ3n) is 4.67. The zero-order valence-corrected chi connectivity index (χ0v) is 17.9. The smallest absolute Gasteiger partial charge is 0.344 e. The van der Waals surface area contributed by atoms with Crippen molar-refractivity contribution in [1.82, 2.24) is 9.97 Å². The fourth-order valence-corrected chi connectivity index (χ4v) is 3.13. The molecule has 168 valence electrons. The summed E-state index contributed by atoms with van der Waals surface area (Å²) < 4.78 is 11.3. The summed E-state index contributed by atoms with van der Waals surface area (Å²) in [6, 6.07) is 10.9. The van der Waals surface area contributed by atoms with Gasteiger partial charge in [-0.25, -0.2) is 15.6 Å². The summed E-state index contributed by atoms with van der Waals surface area (Å²) in [6.45, 7) is 5.59. The molecule has 10 heteroatoms. The van der Waals surface area contributed by atoms with E-state index in [0.717, 1.165) is 16.7 Å². The maximum Gasteiger partial charge on any atom is 0.344 e. The molecule has 0 aliphatic heterocycles. The lowest BCUT2D eigenvalue weighted by molar-refractivity contribution is -0.144. The Bertz CT molecular complexity index is 1210. The van der Waals surface area contributed by atoms with Gasteiger partial charge in [0.1, 0.15) is 23.0 Å². The third kappa shape index (κ3) is 4.81. The number of aromatic nitrogens is 2. The minimum atomic E-state index is -1.05. The highest BCUT2D eigenvalue weighted by Gasteiger charge is 2.16. The van der Waals surface area contributed by atoms with Gasteiger partial charge in [-0.15, -0.1) is 0 Å². The molecule has 0 fully saturated rings. The van der Waals surface area contributed by atoms with E-state index in [0.29, 0.717) is 23.7 Å². The summed E-state index contributed by atoms with van der Waals surface area (Å²) in [7, 11) is 0. The molecule has 0 bridgehead atoms. The van der Waals surface area contributed by atoms with Crippen molar-refractivity contribution in [2.45, 2.75) is 26.9 Å². The molecule has 1 atom stereocenters. The van der Waals surface area contributed by atoms with Gasteiger partial charge in [-0.1, -0.05) is 12.1 Å². The molecule has 0 radical (unpaired) electrons. The van der Waals surface area contributed by atoms with Crippen LogP contribution in [-0.4, -0.2) is 33.8 Å². The number of carboxylic acid groups (broad SMARTS) is 1. The number of hydrogen-bond acceptors (Lipinski definition) is 8. The first-order chi connectivity index (χ1) is 15.2. The number of benzene rings is 2. The van der Waals surface area contributed by atoms with E-state index in [9.17, 15) is 9.59 Å². The van der Waals surface area contributed by atoms with Crippen molar-refractivity contribution in [2.75, 3.05) is 17.8 Å². The normalized spacial score (nSPS) is 11.6. The van der Waals surface area contributed by atoms with Gasteiger partial charge in [-0.3, -0.25) is 4.79 Å². The number of rotatable bonds is 8. The van der Waals surface area contributed by atoms with Gasteiger partial charge in [0.2, 0.25) is 0 Å². The van der Waals surface area contributed by atoms with Gasteiger partial charge in [0, 0.05) is 0 Å². The van der Waals surface area contributed by atoms with Crippen LogP contribution in [0.2, 0.25) is 0 Å². The molecule has 3 rings (SSSR count). The molecule has 10 nitrogen and oxygen atoms in total. The van der Waals surface area contributed by atoms with Gasteiger partial charge in [0.25, 0.3) is 5.56 Å². The van der Waals surface area contributed by atoms with Crippen LogP contribution in [0.25, 0.3) is 22.5 Å². The first kappa shape index (κ1) is 22.6. The van der Waals surface area contributed by atoms with Crippen LogP contribution in [-0.2, 0) is 4.79 Å². The SMILES string of the molecule is CCOc1cc(-c2cc(C)cc(OC(C)C(=O)O)c2)ccc1-c1nc(NN)c(N)c(=O)[nH]1. The maximum atomic E-state index is 12.1. The van der Waals surface area contributed by atoms with E-state index in [4.69, 9.17) is 26.2 Å². The van der Waals surface area contributed by atoms with Crippen molar-refractivity contribution in [2.24, 2.45) is 5.84 Å². The Kier molecular flexibility index (Phi) is 6.64. The number of H-pyrrole nitrogens is 1. The van der Waals surface area contributed by atoms with Crippen molar-refractivity contribution in [1.29, 1.82) is 0 Å². The summed E-state index contributed by atoms with van der Waals surface area (Å²) in [6.07, 6.45) is -0.982. The average molecular weight is 439 g/mol. The summed E-state index contributed by atoms with van der Waals surface area (Å²) >= 11 is 0. The number of ether oxygens (including phenoxy) is 2. The van der Waals surface area contributed by atoms with E-state index in [1.54, 1.807) is 18.2 Å². The second-order valence-corrected chi connectivity index (χ2v) is 7.10. The number of anilines is 2. The Labute approximate surface area is 184 Å². The largest absolute Gasteiger partial charge is 0.493 e. The second-order valence-electron chi connectivity index (χ2n) is 7.10. The summed E-state index contributed by atoms with van der Waals surface area (Å²) in [5, 5.41) is 9.11. The van der Waals surface area contributed by atoms with Crippen molar-refractivity contribution >= 4 is 17.5 Å². The highest BCUT2D eigenvalue weighted by Crippen LogP contribution is 2.35. The van der Waals surface area contributed by atoms with E-state index in [-0.39, 0.29) is 17.3 Å². The summed E-state index contributed by atoms with van der Waals surface area (Å²) in [5.41, 5.74) is 10.4. The van der Waals surface area contributed by atoms with Gasteiger partial charge < -0.3 is 30.7 Å². The molecule has 0 spiro atoms. The number of aliphatic carboxylic acids is 1. The van der Waals surface area contributed by atoms with E-state index >= 15 is 0 Å². The lowest BCUT2D eigenvalue weighted by Gasteiger charge is -2.15. The van der Waals surface area contributed by atoms with Crippen molar-refractivity contribution < 1.29 is 19.4 Å². The number of nitrogen functional groups attached to an aromatic ring is 2. The number of nitrogens with zero attached hydrogens (tertiary/aromatic N) is 1. The highest BCUT2D eigenvalue weighted by atomic mass is 16.5. The van der Waals surface area contributed by atoms with Crippen molar-refractivity contribution in [3.63, 3.8) is 0 Å². The molecule has 0 amide bonds. The van der Waals surface area contributed by atoms with Gasteiger partial charge >= 0.3 is 5.97 Å². The third-order valence-corrected chi connectivity index (χ3v) is 4.67. The molecular weight excluding hydrogens is 414 g/mol. The Morgan fingerprint density at radius 1 is 1.25 bits per heavy atom. The Morgan fingerprint density at radius 3 is 2.66 bits per heavy atom. The second kappa shape index (κ2) is 9.40. The molecule has 1 heterocycles. The van der Waals surface area contributed by atoms with Crippen LogP contribution in [0, 0.1) is 6.92 Å². The molecule has 3 aromatic rings. The Balaban J connectivity index is 2.07. The van der Waals surface area contributed by atoms with Gasteiger partial charge in [0.05, 0.1) is 12.2 Å². The summed E-state index contributed by atoms with van der Waals surface area (Å²) in [5.74, 6) is 5.61. The van der Waals surface area contributed by atoms with Crippen LogP contribution >= 0.6 is 0 Å². The average Bonchev–Trinajstić information content (AvgIpc) is 2.75. The number of hydrogen-bond donors (Lipinski definition) is 5. The predicted octanol–water partition coefficient (Wildman–Crippen LogP) is 2.53. The molecule has 32 heavy (non-hydrogen) atoms. The highest BCUT2D eigenvalue weighted by molar-refractivity contribution is 5.76. The van der Waals surface area contributed by atoms with Crippen LogP contribution in [0.1, 0.15) is 19.4 Å². The fourth-order valence-electron chi connectivity index (χ4n) is 3.13. The number of aryl methyl sites for hydroxylation is 1. The molecule has 0 saturated heterocycles. The van der Waals surface area contributed by atoms with E-state index < -0.39 is 17.6 Å².